The van der Waals surface area contributed by atoms with E-state index < -0.39 is 0 Å². The summed E-state index contributed by atoms with van der Waals surface area (Å²) in [5.41, 5.74) is 3.43. The monoisotopic (exact) mass is 336 g/mol. The van der Waals surface area contributed by atoms with E-state index in [-0.39, 0.29) is 6.61 Å². The van der Waals surface area contributed by atoms with E-state index in [9.17, 15) is 4.79 Å². The van der Waals surface area contributed by atoms with Crippen molar-refractivity contribution < 1.29 is 9.90 Å². The average Bonchev–Trinajstić information content (AvgIpc) is 2.81. The fourth-order valence-electron chi connectivity index (χ4n) is 3.22. The van der Waals surface area contributed by atoms with E-state index >= 15 is 0 Å². The van der Waals surface area contributed by atoms with Crippen molar-refractivity contribution in [3.63, 3.8) is 0 Å². The zero-order valence-corrected chi connectivity index (χ0v) is 15.6. The van der Waals surface area contributed by atoms with Gasteiger partial charge in [-0.15, -0.1) is 0 Å². The largest absolute Gasteiger partial charge is 0.394 e. The Balaban J connectivity index is 1.86. The standard InChI is InChI=1S/C18H32N4O2/c1-14(2)5-6-18(24)21-9-7-20(8-10-21)13-17-15(3)19-22(11-12-23)16(17)4/h14,23H,5-13H2,1-4H3. The predicted octanol–water partition coefficient (Wildman–Crippen LogP) is 1.57. The molecule has 24 heavy (non-hydrogen) atoms. The second kappa shape index (κ2) is 8.62. The number of aliphatic hydroxyl groups excluding tert-OH is 1. The Morgan fingerprint density at radius 2 is 1.88 bits per heavy atom. The molecular formula is C18H32N4O2. The van der Waals surface area contributed by atoms with Gasteiger partial charge in [-0.3, -0.25) is 14.4 Å². The lowest BCUT2D eigenvalue weighted by atomic mass is 10.1. The van der Waals surface area contributed by atoms with Gasteiger partial charge in [0.25, 0.3) is 0 Å². The first-order valence-corrected chi connectivity index (χ1v) is 9.06. The van der Waals surface area contributed by atoms with E-state index in [1.54, 1.807) is 0 Å². The first-order chi connectivity index (χ1) is 11.4. The van der Waals surface area contributed by atoms with Crippen molar-refractivity contribution in [3.05, 3.63) is 17.0 Å². The molecule has 1 aromatic rings. The average molecular weight is 336 g/mol. The Hall–Kier alpha value is -1.40. The maximum Gasteiger partial charge on any atom is 0.222 e. The lowest BCUT2D eigenvalue weighted by molar-refractivity contribution is -0.133. The Bertz CT molecular complexity index is 545. The molecule has 6 nitrogen and oxygen atoms in total. The molecule has 0 radical (unpaired) electrons. The summed E-state index contributed by atoms with van der Waals surface area (Å²) in [4.78, 5) is 16.6. The van der Waals surface area contributed by atoms with Crippen LogP contribution in [0.1, 0.15) is 43.6 Å². The van der Waals surface area contributed by atoms with Crippen molar-refractivity contribution >= 4 is 5.91 Å². The van der Waals surface area contributed by atoms with E-state index in [2.05, 4.69) is 30.8 Å². The molecule has 1 amide bonds. The fourth-order valence-corrected chi connectivity index (χ4v) is 3.22. The molecule has 1 N–H and O–H groups in total. The van der Waals surface area contributed by atoms with Gasteiger partial charge in [-0.1, -0.05) is 13.8 Å². The lowest BCUT2D eigenvalue weighted by Crippen LogP contribution is -2.48. The number of aryl methyl sites for hydroxylation is 1. The Labute approximate surface area is 145 Å². The van der Waals surface area contributed by atoms with E-state index in [1.165, 1.54) is 5.56 Å². The molecule has 2 heterocycles. The normalized spacial score (nSPS) is 16.2. The van der Waals surface area contributed by atoms with Crippen molar-refractivity contribution in [1.82, 2.24) is 19.6 Å². The van der Waals surface area contributed by atoms with Gasteiger partial charge >= 0.3 is 0 Å². The maximum absolute atomic E-state index is 12.2. The van der Waals surface area contributed by atoms with E-state index in [0.717, 1.165) is 50.5 Å². The third-order valence-electron chi connectivity index (χ3n) is 4.89. The molecule has 1 aliphatic heterocycles. The van der Waals surface area contributed by atoms with Gasteiger partial charge in [-0.25, -0.2) is 0 Å². The summed E-state index contributed by atoms with van der Waals surface area (Å²) in [6.45, 7) is 13.4. The van der Waals surface area contributed by atoms with Crippen molar-refractivity contribution in [2.24, 2.45) is 5.92 Å². The summed E-state index contributed by atoms with van der Waals surface area (Å²) < 4.78 is 1.89. The molecule has 1 fully saturated rings. The van der Waals surface area contributed by atoms with Crippen molar-refractivity contribution in [1.29, 1.82) is 0 Å². The number of carbonyl (C=O) groups is 1. The molecule has 0 unspecified atom stereocenters. The van der Waals surface area contributed by atoms with Gasteiger partial charge in [0.15, 0.2) is 0 Å². The van der Waals surface area contributed by atoms with Crippen LogP contribution >= 0.6 is 0 Å². The molecule has 0 bridgehead atoms. The molecule has 0 aromatic carbocycles. The minimum Gasteiger partial charge on any atom is -0.394 e. The highest BCUT2D eigenvalue weighted by Crippen LogP contribution is 2.17. The van der Waals surface area contributed by atoms with Gasteiger partial charge in [0, 0.05) is 50.4 Å². The van der Waals surface area contributed by atoms with Crippen LogP contribution in [0.3, 0.4) is 0 Å². The number of carbonyl (C=O) groups excluding carboxylic acids is 1. The minimum atomic E-state index is 0.110. The summed E-state index contributed by atoms with van der Waals surface area (Å²) >= 11 is 0. The predicted molar refractivity (Wildman–Crippen MR) is 94.7 cm³/mol. The zero-order chi connectivity index (χ0) is 17.7. The summed E-state index contributed by atoms with van der Waals surface area (Å²) in [6, 6.07) is 0. The van der Waals surface area contributed by atoms with Crippen LogP contribution < -0.4 is 0 Å². The quantitative estimate of drug-likeness (QED) is 0.821. The summed E-state index contributed by atoms with van der Waals surface area (Å²) in [7, 11) is 0. The molecule has 1 saturated heterocycles. The third kappa shape index (κ3) is 4.80. The van der Waals surface area contributed by atoms with Crippen LogP contribution in [0.25, 0.3) is 0 Å². The number of aliphatic hydroxyl groups is 1. The molecule has 1 aliphatic rings. The van der Waals surface area contributed by atoms with Crippen LogP contribution in [-0.4, -0.2) is 63.4 Å². The highest BCUT2D eigenvalue weighted by atomic mass is 16.3. The van der Waals surface area contributed by atoms with Crippen LogP contribution in [0.2, 0.25) is 0 Å². The first kappa shape index (κ1) is 18.9. The van der Waals surface area contributed by atoms with Crippen LogP contribution in [0, 0.1) is 19.8 Å². The molecule has 2 rings (SSSR count). The van der Waals surface area contributed by atoms with E-state index in [4.69, 9.17) is 5.11 Å². The lowest BCUT2D eigenvalue weighted by Gasteiger charge is -2.35. The summed E-state index contributed by atoms with van der Waals surface area (Å²) in [5, 5.41) is 13.6. The smallest absolute Gasteiger partial charge is 0.222 e. The summed E-state index contributed by atoms with van der Waals surface area (Å²) in [6.07, 6.45) is 1.64. The summed E-state index contributed by atoms with van der Waals surface area (Å²) in [5.74, 6) is 0.878. The van der Waals surface area contributed by atoms with Crippen LogP contribution in [0.4, 0.5) is 0 Å². The van der Waals surface area contributed by atoms with Crippen molar-refractivity contribution in [2.75, 3.05) is 32.8 Å². The first-order valence-electron chi connectivity index (χ1n) is 9.06. The number of aromatic nitrogens is 2. The second-order valence-corrected chi connectivity index (χ2v) is 7.19. The molecule has 0 atom stereocenters. The van der Waals surface area contributed by atoms with E-state index in [0.29, 0.717) is 24.8 Å². The van der Waals surface area contributed by atoms with Crippen LogP contribution in [0.15, 0.2) is 0 Å². The molecule has 0 aliphatic carbocycles. The fraction of sp³-hybridized carbons (Fsp3) is 0.778. The van der Waals surface area contributed by atoms with E-state index in [1.807, 2.05) is 16.5 Å². The van der Waals surface area contributed by atoms with Crippen LogP contribution in [-0.2, 0) is 17.9 Å². The number of piperazine rings is 1. The molecule has 0 saturated carbocycles. The SMILES string of the molecule is Cc1nn(CCO)c(C)c1CN1CCN(C(=O)CCC(C)C)CC1. The molecule has 1 aromatic heterocycles. The van der Waals surface area contributed by atoms with Gasteiger partial charge in [0.2, 0.25) is 5.91 Å². The molecule has 136 valence electrons. The van der Waals surface area contributed by atoms with Gasteiger partial charge in [-0.05, 0) is 26.2 Å². The zero-order valence-electron chi connectivity index (χ0n) is 15.6. The van der Waals surface area contributed by atoms with Crippen molar-refractivity contribution in [3.8, 4) is 0 Å². The maximum atomic E-state index is 12.2. The second-order valence-electron chi connectivity index (χ2n) is 7.19. The van der Waals surface area contributed by atoms with Gasteiger partial charge in [0.05, 0.1) is 18.8 Å². The number of hydrogen-bond acceptors (Lipinski definition) is 4. The minimum absolute atomic E-state index is 0.110. The Morgan fingerprint density at radius 1 is 1.21 bits per heavy atom. The van der Waals surface area contributed by atoms with Gasteiger partial charge < -0.3 is 10.0 Å². The molecule has 6 heteroatoms. The Morgan fingerprint density at radius 3 is 2.46 bits per heavy atom. The third-order valence-corrected chi connectivity index (χ3v) is 4.89. The van der Waals surface area contributed by atoms with Gasteiger partial charge in [-0.2, -0.15) is 5.10 Å². The molecular weight excluding hydrogens is 304 g/mol. The highest BCUT2D eigenvalue weighted by molar-refractivity contribution is 5.76. The topological polar surface area (TPSA) is 61.6 Å². The number of rotatable bonds is 7. The molecule has 0 spiro atoms. The van der Waals surface area contributed by atoms with Gasteiger partial charge in [0.1, 0.15) is 0 Å². The Kier molecular flexibility index (Phi) is 6.80. The number of amides is 1. The number of hydrogen-bond donors (Lipinski definition) is 1. The van der Waals surface area contributed by atoms with Crippen LogP contribution in [0.5, 0.6) is 0 Å². The van der Waals surface area contributed by atoms with Crippen molar-refractivity contribution in [2.45, 2.75) is 53.6 Å². The highest BCUT2D eigenvalue weighted by Gasteiger charge is 2.22. The number of nitrogens with zero attached hydrogens (tertiary/aromatic N) is 4.